The summed E-state index contributed by atoms with van der Waals surface area (Å²) in [5, 5.41) is 3.39. The van der Waals surface area contributed by atoms with Crippen molar-refractivity contribution in [3.8, 4) is 0 Å². The maximum Gasteiger partial charge on any atom is 0.279 e. The number of amides is 2. The molecule has 2 aromatic carbocycles. The smallest absolute Gasteiger partial charge is 0.279 e. The highest BCUT2D eigenvalue weighted by atomic mass is 35.5. The van der Waals surface area contributed by atoms with Crippen LogP contribution in [0.4, 0.5) is 10.1 Å². The highest BCUT2D eigenvalue weighted by Gasteiger charge is 2.24. The zero-order valence-electron chi connectivity index (χ0n) is 15.3. The van der Waals surface area contributed by atoms with Crippen molar-refractivity contribution < 1.29 is 18.9 Å². The molecule has 0 atom stereocenters. The SMILES string of the molecule is O=C(C[NH+]1CCN(C(=O)/C=C/c2cccc(Cl)c2)CC1)Nc1ccc(F)cc1. The first kappa shape index (κ1) is 20.0. The summed E-state index contributed by atoms with van der Waals surface area (Å²) in [4.78, 5) is 27.4. The Bertz CT molecular complexity index is 862. The molecule has 146 valence electrons. The molecule has 5 nitrogen and oxygen atoms in total. The first-order valence-corrected chi connectivity index (χ1v) is 9.49. The Morgan fingerprint density at radius 2 is 1.86 bits per heavy atom. The van der Waals surface area contributed by atoms with E-state index >= 15 is 0 Å². The minimum Gasteiger partial charge on any atom is -0.328 e. The molecule has 0 saturated carbocycles. The molecule has 1 saturated heterocycles. The normalized spacial score (nSPS) is 15.0. The highest BCUT2D eigenvalue weighted by Crippen LogP contribution is 2.12. The molecular formula is C21H22ClFN3O2+. The summed E-state index contributed by atoms with van der Waals surface area (Å²) >= 11 is 5.94. The summed E-state index contributed by atoms with van der Waals surface area (Å²) in [6, 6.07) is 13.0. The van der Waals surface area contributed by atoms with E-state index in [0.29, 0.717) is 43.4 Å². The van der Waals surface area contributed by atoms with Gasteiger partial charge < -0.3 is 15.1 Å². The number of anilines is 1. The lowest BCUT2D eigenvalue weighted by Gasteiger charge is -2.31. The molecule has 1 heterocycles. The molecule has 1 aliphatic heterocycles. The Hall–Kier alpha value is -2.70. The van der Waals surface area contributed by atoms with Crippen LogP contribution in [0.1, 0.15) is 5.56 Å². The molecule has 0 spiro atoms. The summed E-state index contributed by atoms with van der Waals surface area (Å²) in [5.74, 6) is -0.508. The lowest BCUT2D eigenvalue weighted by molar-refractivity contribution is -0.895. The van der Waals surface area contributed by atoms with Gasteiger partial charge in [0, 0.05) is 16.8 Å². The van der Waals surface area contributed by atoms with E-state index in [-0.39, 0.29) is 17.6 Å². The number of carbonyl (C=O) groups excluding carboxylic acids is 2. The molecular weight excluding hydrogens is 381 g/mol. The Morgan fingerprint density at radius 3 is 2.54 bits per heavy atom. The van der Waals surface area contributed by atoms with Gasteiger partial charge >= 0.3 is 0 Å². The second-order valence-electron chi connectivity index (χ2n) is 6.70. The molecule has 3 rings (SSSR count). The molecule has 2 amide bonds. The van der Waals surface area contributed by atoms with Crippen LogP contribution in [0, 0.1) is 5.82 Å². The van der Waals surface area contributed by atoms with E-state index in [2.05, 4.69) is 5.32 Å². The Morgan fingerprint density at radius 1 is 1.14 bits per heavy atom. The van der Waals surface area contributed by atoms with E-state index < -0.39 is 0 Å². The highest BCUT2D eigenvalue weighted by molar-refractivity contribution is 6.30. The molecule has 0 aliphatic carbocycles. The van der Waals surface area contributed by atoms with Gasteiger partial charge in [0.05, 0.1) is 26.2 Å². The van der Waals surface area contributed by atoms with Gasteiger partial charge in [-0.25, -0.2) is 4.39 Å². The third kappa shape index (κ3) is 5.90. The van der Waals surface area contributed by atoms with Crippen LogP contribution in [0.2, 0.25) is 5.02 Å². The van der Waals surface area contributed by atoms with Crippen LogP contribution in [0.25, 0.3) is 6.08 Å². The first-order valence-electron chi connectivity index (χ1n) is 9.11. The zero-order chi connectivity index (χ0) is 19.9. The maximum atomic E-state index is 12.9. The molecule has 0 unspecified atom stereocenters. The van der Waals surface area contributed by atoms with Crippen molar-refractivity contribution in [3.05, 3.63) is 71.0 Å². The third-order valence-corrected chi connectivity index (χ3v) is 4.82. The van der Waals surface area contributed by atoms with Crippen LogP contribution in [0.5, 0.6) is 0 Å². The predicted molar refractivity (Wildman–Crippen MR) is 108 cm³/mol. The standard InChI is InChI=1S/C21H21ClFN3O2/c22-17-3-1-2-16(14-17)4-9-21(28)26-12-10-25(11-13-26)15-20(27)24-19-7-5-18(23)6-8-19/h1-9,14H,10-13,15H2,(H,24,27)/p+1/b9-4+. The maximum absolute atomic E-state index is 12.9. The number of piperazine rings is 1. The fourth-order valence-corrected chi connectivity index (χ4v) is 3.27. The lowest BCUT2D eigenvalue weighted by Crippen LogP contribution is -3.15. The Kier molecular flexibility index (Phi) is 6.79. The van der Waals surface area contributed by atoms with Crippen LogP contribution in [-0.2, 0) is 9.59 Å². The van der Waals surface area contributed by atoms with Crippen molar-refractivity contribution in [2.24, 2.45) is 0 Å². The quantitative estimate of drug-likeness (QED) is 0.750. The summed E-state index contributed by atoms with van der Waals surface area (Å²) in [5.41, 5.74) is 1.45. The molecule has 0 bridgehead atoms. The van der Waals surface area contributed by atoms with Crippen molar-refractivity contribution in [1.29, 1.82) is 0 Å². The van der Waals surface area contributed by atoms with E-state index in [1.807, 2.05) is 12.1 Å². The Labute approximate surface area is 168 Å². The van der Waals surface area contributed by atoms with Gasteiger partial charge in [-0.15, -0.1) is 0 Å². The average molecular weight is 403 g/mol. The van der Waals surface area contributed by atoms with E-state index in [9.17, 15) is 14.0 Å². The Balaban J connectivity index is 1.44. The van der Waals surface area contributed by atoms with E-state index in [1.54, 1.807) is 29.2 Å². The van der Waals surface area contributed by atoms with Gasteiger partial charge in [-0.1, -0.05) is 23.7 Å². The van der Waals surface area contributed by atoms with Crippen molar-refractivity contribution in [1.82, 2.24) is 4.90 Å². The van der Waals surface area contributed by atoms with E-state index in [0.717, 1.165) is 10.5 Å². The number of nitrogens with zero attached hydrogens (tertiary/aromatic N) is 1. The molecule has 0 radical (unpaired) electrons. The molecule has 2 aromatic rings. The minimum absolute atomic E-state index is 0.0465. The van der Waals surface area contributed by atoms with Gasteiger partial charge in [-0.2, -0.15) is 0 Å². The van der Waals surface area contributed by atoms with Crippen molar-refractivity contribution in [2.75, 3.05) is 38.0 Å². The molecule has 1 aliphatic rings. The third-order valence-electron chi connectivity index (χ3n) is 4.59. The van der Waals surface area contributed by atoms with Gasteiger partial charge in [0.1, 0.15) is 5.82 Å². The fraction of sp³-hybridized carbons (Fsp3) is 0.238. The second-order valence-corrected chi connectivity index (χ2v) is 7.13. The summed E-state index contributed by atoms with van der Waals surface area (Å²) in [7, 11) is 0. The number of hydrogen-bond donors (Lipinski definition) is 2. The monoisotopic (exact) mass is 402 g/mol. The fourth-order valence-electron chi connectivity index (χ4n) is 3.07. The van der Waals surface area contributed by atoms with Gasteiger partial charge in [0.15, 0.2) is 6.54 Å². The van der Waals surface area contributed by atoms with Gasteiger partial charge in [0.25, 0.3) is 5.91 Å². The van der Waals surface area contributed by atoms with Gasteiger partial charge in [0.2, 0.25) is 5.91 Å². The number of benzene rings is 2. The lowest BCUT2D eigenvalue weighted by atomic mass is 10.2. The summed E-state index contributed by atoms with van der Waals surface area (Å²) in [6.45, 7) is 2.91. The van der Waals surface area contributed by atoms with Crippen LogP contribution < -0.4 is 10.2 Å². The molecule has 7 heteroatoms. The molecule has 2 N–H and O–H groups in total. The largest absolute Gasteiger partial charge is 0.328 e. The van der Waals surface area contributed by atoms with Crippen molar-refractivity contribution in [2.45, 2.75) is 0 Å². The second kappa shape index (κ2) is 9.48. The number of hydrogen-bond acceptors (Lipinski definition) is 2. The minimum atomic E-state index is -0.339. The van der Waals surface area contributed by atoms with Crippen LogP contribution in [-0.4, -0.2) is 49.4 Å². The van der Waals surface area contributed by atoms with E-state index in [1.165, 1.54) is 24.3 Å². The van der Waals surface area contributed by atoms with Crippen LogP contribution in [0.3, 0.4) is 0 Å². The first-order chi connectivity index (χ1) is 13.5. The number of rotatable bonds is 5. The molecule has 0 aromatic heterocycles. The van der Waals surface area contributed by atoms with Crippen molar-refractivity contribution in [3.63, 3.8) is 0 Å². The van der Waals surface area contributed by atoms with E-state index in [4.69, 9.17) is 11.6 Å². The van der Waals surface area contributed by atoms with Crippen molar-refractivity contribution >= 4 is 35.2 Å². The van der Waals surface area contributed by atoms with Crippen LogP contribution in [0.15, 0.2) is 54.6 Å². The number of carbonyl (C=O) groups is 2. The van der Waals surface area contributed by atoms with Crippen LogP contribution >= 0.6 is 11.6 Å². The average Bonchev–Trinajstić information content (AvgIpc) is 2.68. The summed E-state index contributed by atoms with van der Waals surface area (Å²) < 4.78 is 12.9. The number of quaternary nitrogens is 1. The molecule has 1 fully saturated rings. The predicted octanol–water partition coefficient (Wildman–Crippen LogP) is 1.86. The topological polar surface area (TPSA) is 53.9 Å². The van der Waals surface area contributed by atoms with Gasteiger partial charge in [-0.3, -0.25) is 9.59 Å². The number of halogens is 2. The summed E-state index contributed by atoms with van der Waals surface area (Å²) in [6.07, 6.45) is 3.31. The van der Waals surface area contributed by atoms with Gasteiger partial charge in [-0.05, 0) is 48.0 Å². The zero-order valence-corrected chi connectivity index (χ0v) is 16.1. The molecule has 28 heavy (non-hydrogen) atoms. The number of nitrogens with one attached hydrogen (secondary N) is 2.